The third-order valence-electron chi connectivity index (χ3n) is 1.89. The fraction of sp³-hybridized carbons (Fsp3) is 0.0909. The number of hydrogen-bond donors (Lipinski definition) is 1. The van der Waals surface area contributed by atoms with E-state index in [1.807, 2.05) is 6.07 Å². The van der Waals surface area contributed by atoms with E-state index >= 15 is 0 Å². The highest BCUT2D eigenvalue weighted by Gasteiger charge is 1.99. The Morgan fingerprint density at radius 1 is 1.15 bits per heavy atom. The molecule has 0 bridgehead atoms. The Balaban J connectivity index is 2.46. The van der Waals surface area contributed by atoms with Gasteiger partial charge in [-0.05, 0) is 24.6 Å². The maximum Gasteiger partial charge on any atom is 0.0574 e. The van der Waals surface area contributed by atoms with E-state index < -0.39 is 0 Å². The quantitative estimate of drug-likeness (QED) is 0.670. The fourth-order valence-corrected chi connectivity index (χ4v) is 2.39. The molecule has 1 aromatic heterocycles. The molecule has 0 fully saturated rings. The van der Waals surface area contributed by atoms with Crippen LogP contribution in [0, 0.1) is 6.92 Å². The van der Waals surface area contributed by atoms with Gasteiger partial charge in [0.05, 0.1) is 4.21 Å². The molecule has 0 saturated heterocycles. The SMILES string of the molecule is Cc1cccc(-c2ccc(S)s2)c1. The second kappa shape index (κ2) is 3.56. The average Bonchev–Trinajstić information content (AvgIpc) is 2.52. The van der Waals surface area contributed by atoms with Crippen LogP contribution in [0.4, 0.5) is 0 Å². The second-order valence-electron chi connectivity index (χ2n) is 3.01. The third kappa shape index (κ3) is 1.95. The number of benzene rings is 1. The Morgan fingerprint density at radius 3 is 2.62 bits per heavy atom. The van der Waals surface area contributed by atoms with E-state index in [4.69, 9.17) is 0 Å². The Labute approximate surface area is 87.6 Å². The van der Waals surface area contributed by atoms with Crippen LogP contribution in [-0.2, 0) is 0 Å². The first-order valence-corrected chi connectivity index (χ1v) is 5.38. The molecule has 1 aromatic carbocycles. The van der Waals surface area contributed by atoms with Crippen molar-refractivity contribution in [2.24, 2.45) is 0 Å². The molecular weight excluding hydrogens is 196 g/mol. The van der Waals surface area contributed by atoms with E-state index in [0.29, 0.717) is 0 Å². The molecule has 0 unspecified atom stereocenters. The van der Waals surface area contributed by atoms with Crippen LogP contribution in [0.5, 0.6) is 0 Å². The molecule has 0 spiro atoms. The molecule has 0 N–H and O–H groups in total. The van der Waals surface area contributed by atoms with Gasteiger partial charge in [0.1, 0.15) is 0 Å². The Hall–Kier alpha value is -0.730. The number of thiol groups is 1. The fourth-order valence-electron chi connectivity index (χ4n) is 1.28. The van der Waals surface area contributed by atoms with Crippen molar-refractivity contribution in [1.29, 1.82) is 0 Å². The van der Waals surface area contributed by atoms with Crippen LogP contribution in [0.3, 0.4) is 0 Å². The molecule has 0 nitrogen and oxygen atoms in total. The van der Waals surface area contributed by atoms with E-state index in [1.165, 1.54) is 16.0 Å². The molecule has 0 aliphatic carbocycles. The Bertz CT molecular complexity index is 416. The van der Waals surface area contributed by atoms with Gasteiger partial charge < -0.3 is 0 Å². The second-order valence-corrected chi connectivity index (χ2v) is 4.88. The molecule has 1 heterocycles. The van der Waals surface area contributed by atoms with Crippen LogP contribution in [0.15, 0.2) is 40.6 Å². The van der Waals surface area contributed by atoms with Gasteiger partial charge in [-0.25, -0.2) is 0 Å². The van der Waals surface area contributed by atoms with Crippen molar-refractivity contribution < 1.29 is 0 Å². The topological polar surface area (TPSA) is 0 Å². The third-order valence-corrected chi connectivity index (χ3v) is 3.25. The van der Waals surface area contributed by atoms with Crippen LogP contribution in [0.2, 0.25) is 0 Å². The van der Waals surface area contributed by atoms with Crippen molar-refractivity contribution in [1.82, 2.24) is 0 Å². The van der Waals surface area contributed by atoms with Gasteiger partial charge in [-0.3, -0.25) is 0 Å². The van der Waals surface area contributed by atoms with Gasteiger partial charge in [0.15, 0.2) is 0 Å². The zero-order chi connectivity index (χ0) is 9.26. The summed E-state index contributed by atoms with van der Waals surface area (Å²) in [4.78, 5) is 1.29. The van der Waals surface area contributed by atoms with Crippen LogP contribution < -0.4 is 0 Å². The van der Waals surface area contributed by atoms with E-state index in [-0.39, 0.29) is 0 Å². The Morgan fingerprint density at radius 2 is 2.00 bits per heavy atom. The molecule has 2 heteroatoms. The standard InChI is InChI=1S/C11H10S2/c1-8-3-2-4-9(7-8)10-5-6-11(12)13-10/h2-7,12H,1H3. The van der Waals surface area contributed by atoms with Gasteiger partial charge in [-0.2, -0.15) is 0 Å². The summed E-state index contributed by atoms with van der Waals surface area (Å²) in [6, 6.07) is 12.7. The highest BCUT2D eigenvalue weighted by molar-refractivity contribution is 7.83. The number of hydrogen-bond acceptors (Lipinski definition) is 2. The molecule has 66 valence electrons. The van der Waals surface area contributed by atoms with E-state index in [1.54, 1.807) is 11.3 Å². The van der Waals surface area contributed by atoms with Gasteiger partial charge in [-0.1, -0.05) is 29.8 Å². The number of thiophene rings is 1. The van der Waals surface area contributed by atoms with Crippen LogP contribution in [0.25, 0.3) is 10.4 Å². The first-order valence-electron chi connectivity index (χ1n) is 4.11. The van der Waals surface area contributed by atoms with Crippen molar-refractivity contribution in [3.8, 4) is 10.4 Å². The summed E-state index contributed by atoms with van der Waals surface area (Å²) in [6.07, 6.45) is 0. The van der Waals surface area contributed by atoms with Crippen molar-refractivity contribution in [2.45, 2.75) is 11.1 Å². The van der Waals surface area contributed by atoms with E-state index in [2.05, 4.69) is 49.9 Å². The average molecular weight is 206 g/mol. The van der Waals surface area contributed by atoms with Crippen LogP contribution in [0.1, 0.15) is 5.56 Å². The lowest BCUT2D eigenvalue weighted by Gasteiger charge is -1.97. The number of aryl methyl sites for hydroxylation is 1. The predicted molar refractivity (Wildman–Crippen MR) is 61.7 cm³/mol. The maximum absolute atomic E-state index is 4.30. The number of rotatable bonds is 1. The summed E-state index contributed by atoms with van der Waals surface area (Å²) in [5, 5.41) is 0. The lowest BCUT2D eigenvalue weighted by atomic mass is 10.1. The largest absolute Gasteiger partial charge is 0.133 e. The van der Waals surface area contributed by atoms with Crippen LogP contribution >= 0.6 is 24.0 Å². The maximum atomic E-state index is 4.30. The van der Waals surface area contributed by atoms with Gasteiger partial charge in [-0.15, -0.1) is 24.0 Å². The first-order chi connectivity index (χ1) is 6.25. The smallest absolute Gasteiger partial charge is 0.0574 e. The molecule has 2 aromatic rings. The molecule has 2 rings (SSSR count). The highest BCUT2D eigenvalue weighted by Crippen LogP contribution is 2.30. The zero-order valence-corrected chi connectivity index (χ0v) is 9.03. The van der Waals surface area contributed by atoms with E-state index in [9.17, 15) is 0 Å². The molecule has 0 amide bonds. The summed E-state index contributed by atoms with van der Waals surface area (Å²) in [7, 11) is 0. The van der Waals surface area contributed by atoms with Crippen molar-refractivity contribution in [2.75, 3.05) is 0 Å². The zero-order valence-electron chi connectivity index (χ0n) is 7.32. The predicted octanol–water partition coefficient (Wildman–Crippen LogP) is 4.01. The minimum absolute atomic E-state index is 1.07. The molecule has 0 radical (unpaired) electrons. The summed E-state index contributed by atoms with van der Waals surface area (Å²) in [5.74, 6) is 0. The van der Waals surface area contributed by atoms with Gasteiger partial charge >= 0.3 is 0 Å². The Kier molecular flexibility index (Phi) is 2.42. The molecule has 0 atom stereocenters. The van der Waals surface area contributed by atoms with Gasteiger partial charge in [0.2, 0.25) is 0 Å². The normalized spacial score (nSPS) is 10.3. The lowest BCUT2D eigenvalue weighted by molar-refractivity contribution is 1.48. The molecule has 0 aliphatic heterocycles. The minimum atomic E-state index is 1.07. The molecular formula is C11H10S2. The summed E-state index contributed by atoms with van der Waals surface area (Å²) in [5.41, 5.74) is 2.58. The van der Waals surface area contributed by atoms with Crippen molar-refractivity contribution in [3.63, 3.8) is 0 Å². The molecule has 0 saturated carbocycles. The van der Waals surface area contributed by atoms with Crippen molar-refractivity contribution in [3.05, 3.63) is 42.0 Å². The molecule has 13 heavy (non-hydrogen) atoms. The summed E-state index contributed by atoms with van der Waals surface area (Å²) < 4.78 is 1.07. The van der Waals surface area contributed by atoms with Gasteiger partial charge in [0, 0.05) is 4.88 Å². The summed E-state index contributed by atoms with van der Waals surface area (Å²) >= 11 is 6.01. The van der Waals surface area contributed by atoms with E-state index in [0.717, 1.165) is 4.21 Å². The van der Waals surface area contributed by atoms with Crippen molar-refractivity contribution >= 4 is 24.0 Å². The summed E-state index contributed by atoms with van der Waals surface area (Å²) in [6.45, 7) is 2.11. The minimum Gasteiger partial charge on any atom is -0.133 e. The van der Waals surface area contributed by atoms with Crippen LogP contribution in [-0.4, -0.2) is 0 Å². The monoisotopic (exact) mass is 206 g/mol. The van der Waals surface area contributed by atoms with Gasteiger partial charge in [0.25, 0.3) is 0 Å². The highest BCUT2D eigenvalue weighted by atomic mass is 32.2. The molecule has 0 aliphatic rings. The first kappa shape index (κ1) is 8.85. The lowest BCUT2D eigenvalue weighted by Crippen LogP contribution is -1.73.